The van der Waals surface area contributed by atoms with Gasteiger partial charge in [0.05, 0.1) is 12.0 Å². The van der Waals surface area contributed by atoms with Gasteiger partial charge in [-0.25, -0.2) is 8.78 Å². The van der Waals surface area contributed by atoms with Gasteiger partial charge in [0.25, 0.3) is 0 Å². The van der Waals surface area contributed by atoms with E-state index in [1.165, 1.54) is 6.07 Å². The highest BCUT2D eigenvalue weighted by Gasteiger charge is 2.29. The van der Waals surface area contributed by atoms with Crippen LogP contribution >= 0.6 is 0 Å². The van der Waals surface area contributed by atoms with Gasteiger partial charge in [-0.05, 0) is 30.5 Å². The molecule has 1 aliphatic rings. The summed E-state index contributed by atoms with van der Waals surface area (Å²) < 4.78 is 25.8. The van der Waals surface area contributed by atoms with Crippen LogP contribution in [0, 0.1) is 11.6 Å². The Bertz CT molecular complexity index is 485. The Morgan fingerprint density at radius 2 is 1.90 bits per heavy atom. The molecule has 0 radical (unpaired) electrons. The van der Waals surface area contributed by atoms with E-state index in [2.05, 4.69) is 5.32 Å². The van der Waals surface area contributed by atoms with Crippen molar-refractivity contribution < 1.29 is 18.7 Å². The zero-order valence-electron chi connectivity index (χ0n) is 11.3. The fraction of sp³-hybridized carbons (Fsp3) is 0.533. The quantitative estimate of drug-likeness (QED) is 0.891. The number of amides is 1. The van der Waals surface area contributed by atoms with Crippen LogP contribution in [0.3, 0.4) is 0 Å². The molecule has 1 fully saturated rings. The van der Waals surface area contributed by atoms with Gasteiger partial charge < -0.3 is 10.4 Å². The predicted molar refractivity (Wildman–Crippen MR) is 71.1 cm³/mol. The molecule has 5 heteroatoms. The maximum absolute atomic E-state index is 13.0. The van der Waals surface area contributed by atoms with E-state index < -0.39 is 17.2 Å². The van der Waals surface area contributed by atoms with Crippen molar-refractivity contribution in [1.29, 1.82) is 0 Å². The second kappa shape index (κ2) is 6.31. The zero-order valence-corrected chi connectivity index (χ0v) is 11.3. The summed E-state index contributed by atoms with van der Waals surface area (Å²) in [4.78, 5) is 11.8. The topological polar surface area (TPSA) is 49.3 Å². The van der Waals surface area contributed by atoms with Crippen molar-refractivity contribution in [2.24, 2.45) is 0 Å². The van der Waals surface area contributed by atoms with Crippen molar-refractivity contribution in [3.05, 3.63) is 35.4 Å². The highest BCUT2D eigenvalue weighted by molar-refractivity contribution is 5.78. The van der Waals surface area contributed by atoms with Gasteiger partial charge in [-0.3, -0.25) is 4.79 Å². The summed E-state index contributed by atoms with van der Waals surface area (Å²) in [6, 6.07) is 3.41. The molecule has 3 nitrogen and oxygen atoms in total. The van der Waals surface area contributed by atoms with Gasteiger partial charge in [-0.1, -0.05) is 25.3 Å². The third kappa shape index (κ3) is 4.00. The molecular formula is C15H19F2NO2. The second-order valence-electron chi connectivity index (χ2n) is 5.49. The Morgan fingerprint density at radius 1 is 1.20 bits per heavy atom. The first kappa shape index (κ1) is 14.9. The minimum atomic E-state index is -0.957. The number of halogens is 2. The third-order valence-electron chi connectivity index (χ3n) is 3.75. The molecule has 2 N–H and O–H groups in total. The Morgan fingerprint density at radius 3 is 2.55 bits per heavy atom. The highest BCUT2D eigenvalue weighted by atomic mass is 19.2. The van der Waals surface area contributed by atoms with Gasteiger partial charge >= 0.3 is 0 Å². The molecule has 1 aromatic carbocycles. The predicted octanol–water partition coefficient (Wildman–Crippen LogP) is 2.32. The molecular weight excluding hydrogens is 264 g/mol. The summed E-state index contributed by atoms with van der Waals surface area (Å²) in [5.74, 6) is -2.18. The number of rotatable bonds is 4. The number of carbonyl (C=O) groups is 1. The average molecular weight is 283 g/mol. The lowest BCUT2D eigenvalue weighted by molar-refractivity contribution is -0.122. The lowest BCUT2D eigenvalue weighted by Gasteiger charge is -2.32. The minimum Gasteiger partial charge on any atom is -0.388 e. The van der Waals surface area contributed by atoms with E-state index in [-0.39, 0.29) is 18.9 Å². The number of benzene rings is 1. The van der Waals surface area contributed by atoms with Crippen LogP contribution in [0.4, 0.5) is 8.78 Å². The van der Waals surface area contributed by atoms with Gasteiger partial charge in [0.15, 0.2) is 11.6 Å². The van der Waals surface area contributed by atoms with E-state index in [9.17, 15) is 18.7 Å². The molecule has 0 spiro atoms. The van der Waals surface area contributed by atoms with E-state index in [0.29, 0.717) is 18.4 Å². The van der Waals surface area contributed by atoms with Gasteiger partial charge in [0.2, 0.25) is 5.91 Å². The fourth-order valence-corrected chi connectivity index (χ4v) is 2.55. The van der Waals surface area contributed by atoms with E-state index in [4.69, 9.17) is 0 Å². The normalized spacial score (nSPS) is 17.8. The Balaban J connectivity index is 1.84. The second-order valence-corrected chi connectivity index (χ2v) is 5.49. The molecule has 1 aromatic rings. The number of hydrogen-bond donors (Lipinski definition) is 2. The first-order chi connectivity index (χ1) is 9.48. The SMILES string of the molecule is O=C(Cc1ccc(F)c(F)c1)NCC1(O)CCCCC1. The lowest BCUT2D eigenvalue weighted by Crippen LogP contribution is -2.44. The highest BCUT2D eigenvalue weighted by Crippen LogP contribution is 2.27. The third-order valence-corrected chi connectivity index (χ3v) is 3.75. The van der Waals surface area contributed by atoms with Crippen molar-refractivity contribution in [1.82, 2.24) is 5.32 Å². The summed E-state index contributed by atoms with van der Waals surface area (Å²) >= 11 is 0. The van der Waals surface area contributed by atoms with Crippen LogP contribution in [0.1, 0.15) is 37.7 Å². The monoisotopic (exact) mass is 283 g/mol. The number of hydrogen-bond acceptors (Lipinski definition) is 2. The lowest BCUT2D eigenvalue weighted by atomic mass is 9.85. The van der Waals surface area contributed by atoms with E-state index in [1.54, 1.807) is 0 Å². The van der Waals surface area contributed by atoms with Crippen molar-refractivity contribution in [3.8, 4) is 0 Å². The van der Waals surface area contributed by atoms with E-state index in [1.807, 2.05) is 0 Å². The average Bonchev–Trinajstić information content (AvgIpc) is 2.42. The molecule has 0 saturated heterocycles. The largest absolute Gasteiger partial charge is 0.388 e. The molecule has 1 amide bonds. The zero-order chi connectivity index (χ0) is 14.6. The maximum Gasteiger partial charge on any atom is 0.224 e. The summed E-state index contributed by atoms with van der Waals surface area (Å²) in [5, 5.41) is 12.9. The van der Waals surface area contributed by atoms with Crippen molar-refractivity contribution in [2.75, 3.05) is 6.54 Å². The first-order valence-corrected chi connectivity index (χ1v) is 6.92. The van der Waals surface area contributed by atoms with Crippen LogP contribution in [0.5, 0.6) is 0 Å². The van der Waals surface area contributed by atoms with Crippen molar-refractivity contribution in [2.45, 2.75) is 44.1 Å². The van der Waals surface area contributed by atoms with Gasteiger partial charge in [0, 0.05) is 6.54 Å². The molecule has 1 saturated carbocycles. The summed E-state index contributed by atoms with van der Waals surface area (Å²) in [6.07, 6.45) is 4.42. The summed E-state index contributed by atoms with van der Waals surface area (Å²) in [5.41, 5.74) is -0.404. The molecule has 0 heterocycles. The molecule has 1 aliphatic carbocycles. The number of carbonyl (C=O) groups excluding carboxylic acids is 1. The Labute approximate surface area is 117 Å². The number of nitrogens with one attached hydrogen (secondary N) is 1. The minimum absolute atomic E-state index is 0.0206. The smallest absolute Gasteiger partial charge is 0.224 e. The van der Waals surface area contributed by atoms with Crippen LogP contribution in [-0.4, -0.2) is 23.2 Å². The van der Waals surface area contributed by atoms with Crippen molar-refractivity contribution in [3.63, 3.8) is 0 Å². The molecule has 110 valence electrons. The summed E-state index contributed by atoms with van der Waals surface area (Å²) in [7, 11) is 0. The number of aliphatic hydroxyl groups is 1. The van der Waals surface area contributed by atoms with E-state index in [0.717, 1.165) is 31.4 Å². The van der Waals surface area contributed by atoms with Gasteiger partial charge in [-0.15, -0.1) is 0 Å². The van der Waals surface area contributed by atoms with Gasteiger partial charge in [0.1, 0.15) is 0 Å². The van der Waals surface area contributed by atoms with Crippen LogP contribution in [-0.2, 0) is 11.2 Å². The van der Waals surface area contributed by atoms with Crippen LogP contribution in [0.2, 0.25) is 0 Å². The van der Waals surface area contributed by atoms with Gasteiger partial charge in [-0.2, -0.15) is 0 Å². The fourth-order valence-electron chi connectivity index (χ4n) is 2.55. The van der Waals surface area contributed by atoms with Crippen LogP contribution in [0.15, 0.2) is 18.2 Å². The molecule has 0 atom stereocenters. The standard InChI is InChI=1S/C15H19F2NO2/c16-12-5-4-11(8-13(12)17)9-14(19)18-10-15(20)6-2-1-3-7-15/h4-5,8,20H,1-3,6-7,9-10H2,(H,18,19). The molecule has 0 aromatic heterocycles. The maximum atomic E-state index is 13.0. The summed E-state index contributed by atoms with van der Waals surface area (Å²) in [6.45, 7) is 0.218. The van der Waals surface area contributed by atoms with E-state index >= 15 is 0 Å². The molecule has 2 rings (SSSR count). The molecule has 0 unspecified atom stereocenters. The van der Waals surface area contributed by atoms with Crippen LogP contribution in [0.25, 0.3) is 0 Å². The Kier molecular flexibility index (Phi) is 4.70. The molecule has 20 heavy (non-hydrogen) atoms. The molecule has 0 bridgehead atoms. The Hall–Kier alpha value is -1.49. The van der Waals surface area contributed by atoms with Crippen molar-refractivity contribution >= 4 is 5.91 Å². The van der Waals surface area contributed by atoms with Crippen LogP contribution < -0.4 is 5.32 Å². The molecule has 0 aliphatic heterocycles. The first-order valence-electron chi connectivity index (χ1n) is 6.92.